The number of methoxy groups -OCH3 is 2. The molecule has 0 aliphatic heterocycles. The molecule has 0 saturated heterocycles. The summed E-state index contributed by atoms with van der Waals surface area (Å²) in [4.78, 5) is 23.2. The van der Waals surface area contributed by atoms with Crippen molar-refractivity contribution in [3.63, 3.8) is 0 Å². The number of benzene rings is 3. The highest BCUT2D eigenvalue weighted by Crippen LogP contribution is 2.60. The van der Waals surface area contributed by atoms with Crippen molar-refractivity contribution in [2.45, 2.75) is 89.3 Å². The molecule has 7 unspecified atom stereocenters. The molecule has 0 bridgehead atoms. The van der Waals surface area contributed by atoms with Gasteiger partial charge < -0.3 is 19.3 Å². The Hall–Kier alpha value is -4.43. The number of nitro groups is 1. The third-order valence-corrected chi connectivity index (χ3v) is 14.3. The van der Waals surface area contributed by atoms with E-state index in [4.69, 9.17) is 14.2 Å². The zero-order valence-corrected chi connectivity index (χ0v) is 31.2. The third-order valence-electron chi connectivity index (χ3n) is 14.3. The number of nitrogens with zero attached hydrogens (tertiary/aromatic N) is 1. The zero-order chi connectivity index (χ0) is 37.1. The normalized spacial score (nSPS) is 34.1. The van der Waals surface area contributed by atoms with E-state index in [2.05, 4.69) is 68.5 Å². The van der Waals surface area contributed by atoms with E-state index in [0.717, 1.165) is 50.0 Å². The molecule has 53 heavy (non-hydrogen) atoms. The molecule has 0 aromatic heterocycles. The fourth-order valence-corrected chi connectivity index (χ4v) is 11.3. The van der Waals surface area contributed by atoms with Gasteiger partial charge in [0.25, 0.3) is 5.69 Å². The average molecular weight is 718 g/mol. The maximum atomic E-state index is 12.8. The number of aliphatic hydroxyl groups excluding tert-OH is 1. The molecule has 6 aliphatic rings. The molecule has 0 heterocycles. The fraction of sp³-hybridized carbons (Fsp3) is 0.489. The Morgan fingerprint density at radius 2 is 1.26 bits per heavy atom. The third kappa shape index (κ3) is 6.07. The van der Waals surface area contributed by atoms with E-state index in [9.17, 15) is 20.0 Å². The van der Waals surface area contributed by atoms with Gasteiger partial charge in [0, 0.05) is 23.0 Å². The number of hydrogen-bond acceptors (Lipinski definition) is 7. The Morgan fingerprint density at radius 3 is 1.81 bits per heavy atom. The van der Waals surface area contributed by atoms with Gasteiger partial charge in [0.2, 0.25) is 0 Å². The van der Waals surface area contributed by atoms with Crippen LogP contribution in [-0.2, 0) is 17.6 Å². The van der Waals surface area contributed by atoms with Gasteiger partial charge in [-0.05, 0) is 152 Å². The van der Waals surface area contributed by atoms with Crippen LogP contribution < -0.4 is 9.47 Å². The lowest BCUT2D eigenvalue weighted by Crippen LogP contribution is -2.45. The van der Waals surface area contributed by atoms with Crippen LogP contribution >= 0.6 is 0 Å². The van der Waals surface area contributed by atoms with Gasteiger partial charge >= 0.3 is 5.97 Å². The Labute approximate surface area is 312 Å². The van der Waals surface area contributed by atoms with E-state index in [1.807, 2.05) is 6.08 Å². The lowest BCUT2D eigenvalue weighted by atomic mass is 9.55. The largest absolute Gasteiger partial charge is 0.497 e. The van der Waals surface area contributed by atoms with Crippen molar-refractivity contribution in [3.05, 3.63) is 123 Å². The highest BCUT2D eigenvalue weighted by Gasteiger charge is 2.54. The molecule has 278 valence electrons. The molecule has 0 amide bonds. The quantitative estimate of drug-likeness (QED) is 0.121. The number of nitro benzene ring substituents is 1. The topological polar surface area (TPSA) is 108 Å². The Balaban J connectivity index is 0.000000164. The highest BCUT2D eigenvalue weighted by atomic mass is 16.6. The fourth-order valence-electron chi connectivity index (χ4n) is 11.3. The molecule has 2 fully saturated rings. The summed E-state index contributed by atoms with van der Waals surface area (Å²) in [6.07, 6.45) is 17.1. The average Bonchev–Trinajstić information content (AvgIpc) is 3.68. The van der Waals surface area contributed by atoms with Crippen LogP contribution in [0.5, 0.6) is 11.5 Å². The lowest BCUT2D eigenvalue weighted by molar-refractivity contribution is -0.384. The number of aliphatic hydroxyl groups is 1. The van der Waals surface area contributed by atoms with Gasteiger partial charge in [0.15, 0.2) is 0 Å². The molecule has 3 aromatic carbocycles. The van der Waals surface area contributed by atoms with Crippen molar-refractivity contribution in [1.82, 2.24) is 0 Å². The molecule has 3 aromatic rings. The van der Waals surface area contributed by atoms with E-state index in [0.29, 0.717) is 41.1 Å². The smallest absolute Gasteiger partial charge is 0.338 e. The van der Waals surface area contributed by atoms with Crippen LogP contribution in [0.1, 0.15) is 96.8 Å². The second-order valence-electron chi connectivity index (χ2n) is 16.7. The second-order valence-corrected chi connectivity index (χ2v) is 16.7. The van der Waals surface area contributed by atoms with Crippen LogP contribution in [-0.4, -0.2) is 42.4 Å². The standard InChI is InChI=1S/C26H27NO5.C19H24O2/c1-26-14-13-21-20-10-8-19(31-2)15-17(20)5-9-22(21)23(26)11-12-24(26)32-25(28)16-3-6-18(7-4-16)27(29)30;1-19-10-9-15-14-6-4-13(21-2)11-12(14)3-5-16(15)17(19)7-8-18(19)20/h3-4,6-8,10-12,15,21-24H,5,9,13-14H2,1-2H3;4,6-8,11,15-18,20H,3,5,9-10H2,1-2H3/t21?,22?,23?,24?,26-;15?,16?,17?,18-,19+/m01/s1. The summed E-state index contributed by atoms with van der Waals surface area (Å²) in [6, 6.07) is 18.7. The number of fused-ring (bicyclic) bond motifs is 10. The summed E-state index contributed by atoms with van der Waals surface area (Å²) in [5.74, 6) is 4.79. The van der Waals surface area contributed by atoms with Crippen LogP contribution in [0.2, 0.25) is 0 Å². The van der Waals surface area contributed by atoms with Gasteiger partial charge in [-0.2, -0.15) is 0 Å². The minimum absolute atomic E-state index is 0.0390. The molecule has 0 spiro atoms. The molecule has 2 saturated carbocycles. The number of carbonyl (C=O) groups excluding carboxylic acids is 1. The van der Waals surface area contributed by atoms with Crippen molar-refractivity contribution in [2.24, 2.45) is 34.5 Å². The monoisotopic (exact) mass is 717 g/mol. The minimum Gasteiger partial charge on any atom is -0.497 e. The van der Waals surface area contributed by atoms with Crippen LogP contribution in [0.3, 0.4) is 0 Å². The predicted molar refractivity (Wildman–Crippen MR) is 203 cm³/mol. The molecule has 8 heteroatoms. The first-order chi connectivity index (χ1) is 25.5. The molecule has 9 rings (SSSR count). The lowest BCUT2D eigenvalue weighted by Gasteiger charge is -2.50. The first-order valence-corrected chi connectivity index (χ1v) is 19.4. The molecule has 6 aliphatic carbocycles. The number of hydrogen-bond donors (Lipinski definition) is 1. The number of allylic oxidation sites excluding steroid dienone is 2. The Kier molecular flexibility index (Phi) is 9.24. The van der Waals surface area contributed by atoms with E-state index >= 15 is 0 Å². The second kappa shape index (κ2) is 13.8. The van der Waals surface area contributed by atoms with Gasteiger partial charge in [-0.1, -0.05) is 44.2 Å². The maximum absolute atomic E-state index is 12.8. The number of esters is 1. The summed E-state index contributed by atoms with van der Waals surface area (Å²) in [7, 11) is 3.45. The molecule has 10 atom stereocenters. The van der Waals surface area contributed by atoms with Crippen molar-refractivity contribution in [1.29, 1.82) is 0 Å². The van der Waals surface area contributed by atoms with E-state index in [1.54, 1.807) is 14.2 Å². The Bertz CT molecular complexity index is 1950. The van der Waals surface area contributed by atoms with Gasteiger partial charge in [-0.25, -0.2) is 4.79 Å². The van der Waals surface area contributed by atoms with Gasteiger partial charge in [0.05, 0.1) is 30.8 Å². The number of aryl methyl sites for hydroxylation is 2. The van der Waals surface area contributed by atoms with Crippen molar-refractivity contribution < 1.29 is 29.0 Å². The summed E-state index contributed by atoms with van der Waals surface area (Å²) < 4.78 is 16.7. The zero-order valence-electron chi connectivity index (χ0n) is 31.2. The van der Waals surface area contributed by atoms with Gasteiger partial charge in [0.1, 0.15) is 17.6 Å². The van der Waals surface area contributed by atoms with Gasteiger partial charge in [-0.15, -0.1) is 0 Å². The summed E-state index contributed by atoms with van der Waals surface area (Å²) in [5, 5.41) is 21.2. The van der Waals surface area contributed by atoms with Crippen LogP contribution in [0.25, 0.3) is 0 Å². The first kappa shape index (κ1) is 35.6. The van der Waals surface area contributed by atoms with Crippen molar-refractivity contribution >= 4 is 11.7 Å². The van der Waals surface area contributed by atoms with Crippen LogP contribution in [0.4, 0.5) is 5.69 Å². The molecular weight excluding hydrogens is 666 g/mol. The van der Waals surface area contributed by atoms with Crippen molar-refractivity contribution in [2.75, 3.05) is 14.2 Å². The summed E-state index contributed by atoms with van der Waals surface area (Å²) in [6.45, 7) is 4.52. The van der Waals surface area contributed by atoms with Crippen LogP contribution in [0, 0.1) is 44.6 Å². The van der Waals surface area contributed by atoms with E-state index in [-0.39, 0.29) is 28.7 Å². The number of rotatable bonds is 5. The molecule has 0 radical (unpaired) electrons. The number of ether oxygens (including phenoxy) is 3. The SMILES string of the molecule is COc1ccc2c(c1)CCC1C2CC[C@@]2(C)C1C=C[C@H]2O.COc1ccc2c(c1)CCC1C2CC[C@]2(C)C(OC(=O)c3ccc([N+](=O)[O-])cc3)C=CC12. The maximum Gasteiger partial charge on any atom is 0.338 e. The van der Waals surface area contributed by atoms with Crippen molar-refractivity contribution in [3.8, 4) is 11.5 Å². The Morgan fingerprint density at radius 1 is 0.736 bits per heavy atom. The first-order valence-electron chi connectivity index (χ1n) is 19.4. The van der Waals surface area contributed by atoms with Crippen LogP contribution in [0.15, 0.2) is 85.0 Å². The summed E-state index contributed by atoms with van der Waals surface area (Å²) in [5.41, 5.74) is 6.10. The molecule has 8 nitrogen and oxygen atoms in total. The van der Waals surface area contributed by atoms with E-state index < -0.39 is 10.9 Å². The number of non-ortho nitro benzene ring substituents is 1. The number of carbonyl (C=O) groups is 1. The molecular formula is C45H51NO7. The molecule has 1 N–H and O–H groups in total. The highest BCUT2D eigenvalue weighted by molar-refractivity contribution is 5.90. The van der Waals surface area contributed by atoms with Gasteiger partial charge in [-0.3, -0.25) is 10.1 Å². The predicted octanol–water partition coefficient (Wildman–Crippen LogP) is 9.15. The van der Waals surface area contributed by atoms with E-state index in [1.165, 1.54) is 59.4 Å². The minimum atomic E-state index is -0.475. The summed E-state index contributed by atoms with van der Waals surface area (Å²) >= 11 is 0.